The summed E-state index contributed by atoms with van der Waals surface area (Å²) in [7, 11) is 2.07. The maximum Gasteiger partial charge on any atom is 0.251 e. The van der Waals surface area contributed by atoms with Gasteiger partial charge in [-0.15, -0.1) is 0 Å². The second-order valence-electron chi connectivity index (χ2n) is 10.1. The fourth-order valence-electron chi connectivity index (χ4n) is 4.87. The molecule has 0 bridgehead atoms. The van der Waals surface area contributed by atoms with Crippen molar-refractivity contribution in [3.63, 3.8) is 0 Å². The molecule has 1 fully saturated rings. The number of amides is 2. The van der Waals surface area contributed by atoms with Crippen molar-refractivity contribution in [3.05, 3.63) is 101 Å². The molecule has 4 rings (SSSR count). The predicted molar refractivity (Wildman–Crippen MR) is 149 cm³/mol. The van der Waals surface area contributed by atoms with Gasteiger partial charge in [0.1, 0.15) is 0 Å². The van der Waals surface area contributed by atoms with Crippen molar-refractivity contribution in [2.24, 2.45) is 5.73 Å². The monoisotopic (exact) mass is 498 g/mol. The van der Waals surface area contributed by atoms with Crippen molar-refractivity contribution in [2.75, 3.05) is 18.9 Å². The quantitative estimate of drug-likeness (QED) is 0.383. The minimum atomic E-state index is -0.148. The molecule has 2 atom stereocenters. The number of likely N-dealkylation sites (N-methyl/N-ethyl adjacent to an activating group) is 1. The van der Waals surface area contributed by atoms with Gasteiger partial charge in [-0.3, -0.25) is 9.59 Å². The van der Waals surface area contributed by atoms with Gasteiger partial charge in [0.15, 0.2) is 0 Å². The van der Waals surface area contributed by atoms with Gasteiger partial charge in [0.05, 0.1) is 6.42 Å². The molecule has 6 nitrogen and oxygen atoms in total. The Bertz CT molecular complexity index is 1170. The molecule has 0 aliphatic heterocycles. The molecule has 1 aliphatic carbocycles. The van der Waals surface area contributed by atoms with E-state index in [-0.39, 0.29) is 30.3 Å². The maximum atomic E-state index is 13.1. The molecule has 37 heavy (non-hydrogen) atoms. The van der Waals surface area contributed by atoms with E-state index in [1.807, 2.05) is 48.5 Å². The van der Waals surface area contributed by atoms with Crippen molar-refractivity contribution in [1.29, 1.82) is 0 Å². The van der Waals surface area contributed by atoms with Crippen molar-refractivity contribution < 1.29 is 9.59 Å². The Labute approximate surface area is 220 Å². The smallest absolute Gasteiger partial charge is 0.251 e. The summed E-state index contributed by atoms with van der Waals surface area (Å²) >= 11 is 0. The number of hydrogen-bond acceptors (Lipinski definition) is 4. The lowest BCUT2D eigenvalue weighted by atomic mass is 9.91. The van der Waals surface area contributed by atoms with E-state index in [2.05, 4.69) is 46.8 Å². The second-order valence-corrected chi connectivity index (χ2v) is 10.1. The molecule has 0 heterocycles. The van der Waals surface area contributed by atoms with Gasteiger partial charge in [0.25, 0.3) is 5.91 Å². The number of anilines is 1. The molecule has 1 aliphatic rings. The van der Waals surface area contributed by atoms with Crippen LogP contribution in [0.4, 0.5) is 5.69 Å². The Morgan fingerprint density at radius 3 is 2.30 bits per heavy atom. The SMILES string of the molecule is CN(CCc1ccccc1)Cc1ccc(C(=O)NC2CCCCC2N)cc1NC(=O)Cc1ccccc1. The summed E-state index contributed by atoms with van der Waals surface area (Å²) in [6.45, 7) is 1.53. The first-order valence-corrected chi connectivity index (χ1v) is 13.2. The summed E-state index contributed by atoms with van der Waals surface area (Å²) in [5.74, 6) is -0.254. The third-order valence-electron chi connectivity index (χ3n) is 7.05. The molecule has 3 aromatic rings. The Morgan fingerprint density at radius 2 is 1.59 bits per heavy atom. The number of rotatable bonds is 10. The van der Waals surface area contributed by atoms with Crippen LogP contribution in [0.15, 0.2) is 78.9 Å². The lowest BCUT2D eigenvalue weighted by molar-refractivity contribution is -0.115. The van der Waals surface area contributed by atoms with Gasteiger partial charge in [-0.05, 0) is 55.1 Å². The van der Waals surface area contributed by atoms with Crippen LogP contribution in [0.5, 0.6) is 0 Å². The number of benzene rings is 3. The first kappa shape index (κ1) is 26.6. The standard InChI is InChI=1S/C31H38N4O2/c1-35(19-18-23-10-4-2-5-11-23)22-26-17-16-25(31(37)34-28-15-9-8-14-27(28)32)21-29(26)33-30(36)20-24-12-6-3-7-13-24/h2-7,10-13,16-17,21,27-28H,8-9,14-15,18-20,22,32H2,1H3,(H,33,36)(H,34,37). The topological polar surface area (TPSA) is 87.5 Å². The van der Waals surface area contributed by atoms with Gasteiger partial charge in [0, 0.05) is 36.4 Å². The average Bonchev–Trinajstić information content (AvgIpc) is 2.91. The average molecular weight is 499 g/mol. The van der Waals surface area contributed by atoms with E-state index < -0.39 is 0 Å². The highest BCUT2D eigenvalue weighted by atomic mass is 16.2. The van der Waals surface area contributed by atoms with Crippen LogP contribution in [0.2, 0.25) is 0 Å². The van der Waals surface area contributed by atoms with Crippen LogP contribution >= 0.6 is 0 Å². The molecule has 0 spiro atoms. The van der Waals surface area contributed by atoms with Crippen molar-refractivity contribution in [3.8, 4) is 0 Å². The van der Waals surface area contributed by atoms with Crippen molar-refractivity contribution >= 4 is 17.5 Å². The van der Waals surface area contributed by atoms with Crippen LogP contribution in [0, 0.1) is 0 Å². The van der Waals surface area contributed by atoms with Crippen LogP contribution < -0.4 is 16.4 Å². The molecule has 0 radical (unpaired) electrons. The van der Waals surface area contributed by atoms with E-state index in [0.29, 0.717) is 17.8 Å². The molecule has 2 amide bonds. The number of hydrogen-bond donors (Lipinski definition) is 3. The van der Waals surface area contributed by atoms with Gasteiger partial charge in [0.2, 0.25) is 5.91 Å². The normalized spacial score (nSPS) is 17.4. The van der Waals surface area contributed by atoms with E-state index in [1.165, 1.54) is 5.56 Å². The highest BCUT2D eigenvalue weighted by molar-refractivity contribution is 5.98. The summed E-state index contributed by atoms with van der Waals surface area (Å²) < 4.78 is 0. The molecule has 0 aromatic heterocycles. The van der Waals surface area contributed by atoms with Crippen molar-refractivity contribution in [1.82, 2.24) is 10.2 Å². The van der Waals surface area contributed by atoms with Crippen LogP contribution in [-0.2, 0) is 24.2 Å². The van der Waals surface area contributed by atoms with E-state index in [1.54, 1.807) is 6.07 Å². The highest BCUT2D eigenvalue weighted by Gasteiger charge is 2.24. The predicted octanol–water partition coefficient (Wildman–Crippen LogP) is 4.54. The molecule has 3 aromatic carbocycles. The lowest BCUT2D eigenvalue weighted by Gasteiger charge is -2.29. The van der Waals surface area contributed by atoms with Crippen LogP contribution in [0.3, 0.4) is 0 Å². The molecular weight excluding hydrogens is 460 g/mol. The number of nitrogens with one attached hydrogen (secondary N) is 2. The molecule has 1 saturated carbocycles. The van der Waals surface area contributed by atoms with Crippen molar-refractivity contribution in [2.45, 2.75) is 57.2 Å². The fourth-order valence-corrected chi connectivity index (χ4v) is 4.87. The second kappa shape index (κ2) is 13.2. The van der Waals surface area contributed by atoms with Crippen LogP contribution in [-0.4, -0.2) is 42.4 Å². The number of carbonyl (C=O) groups excluding carboxylic acids is 2. The molecular formula is C31H38N4O2. The fraction of sp³-hybridized carbons (Fsp3) is 0.355. The maximum absolute atomic E-state index is 13.1. The lowest BCUT2D eigenvalue weighted by Crippen LogP contribution is -2.49. The Balaban J connectivity index is 1.48. The van der Waals surface area contributed by atoms with Gasteiger partial charge >= 0.3 is 0 Å². The molecule has 194 valence electrons. The van der Waals surface area contributed by atoms with Gasteiger partial charge < -0.3 is 21.3 Å². The van der Waals surface area contributed by atoms with E-state index in [4.69, 9.17) is 5.73 Å². The summed E-state index contributed by atoms with van der Waals surface area (Å²) in [5, 5.41) is 6.19. The minimum absolute atomic E-state index is 0.0128. The van der Waals surface area contributed by atoms with E-state index in [0.717, 1.165) is 49.8 Å². The Morgan fingerprint density at radius 1 is 0.919 bits per heavy atom. The van der Waals surface area contributed by atoms with Gasteiger partial charge in [-0.1, -0.05) is 79.6 Å². The zero-order chi connectivity index (χ0) is 26.0. The Kier molecular flexibility index (Phi) is 9.46. The van der Waals surface area contributed by atoms with Crippen LogP contribution in [0.1, 0.15) is 52.7 Å². The van der Waals surface area contributed by atoms with Gasteiger partial charge in [-0.2, -0.15) is 0 Å². The zero-order valence-corrected chi connectivity index (χ0v) is 21.7. The molecule has 6 heteroatoms. The zero-order valence-electron chi connectivity index (χ0n) is 21.7. The third-order valence-corrected chi connectivity index (χ3v) is 7.05. The summed E-state index contributed by atoms with van der Waals surface area (Å²) in [5.41, 5.74) is 10.7. The highest BCUT2D eigenvalue weighted by Crippen LogP contribution is 2.22. The summed E-state index contributed by atoms with van der Waals surface area (Å²) in [6.07, 6.45) is 5.23. The van der Waals surface area contributed by atoms with Crippen LogP contribution in [0.25, 0.3) is 0 Å². The van der Waals surface area contributed by atoms with Gasteiger partial charge in [-0.25, -0.2) is 0 Å². The largest absolute Gasteiger partial charge is 0.348 e. The Hall–Kier alpha value is -3.48. The number of nitrogens with two attached hydrogens (primary N) is 1. The number of nitrogens with zero attached hydrogens (tertiary/aromatic N) is 1. The minimum Gasteiger partial charge on any atom is -0.348 e. The third kappa shape index (κ3) is 8.00. The molecule has 2 unspecified atom stereocenters. The first-order valence-electron chi connectivity index (χ1n) is 13.2. The van der Waals surface area contributed by atoms with E-state index in [9.17, 15) is 9.59 Å². The molecule has 4 N–H and O–H groups in total. The number of carbonyl (C=O) groups is 2. The summed E-state index contributed by atoms with van der Waals surface area (Å²) in [4.78, 5) is 28.3. The van der Waals surface area contributed by atoms with E-state index >= 15 is 0 Å². The first-order chi connectivity index (χ1) is 18.0. The molecule has 0 saturated heterocycles. The summed E-state index contributed by atoms with van der Waals surface area (Å²) in [6, 6.07) is 25.6.